The van der Waals surface area contributed by atoms with Crippen molar-refractivity contribution >= 4 is 131 Å². The summed E-state index contributed by atoms with van der Waals surface area (Å²) in [7, 11) is 0.628. The number of hydrogen-bond donors (Lipinski definition) is 0. The van der Waals surface area contributed by atoms with Crippen molar-refractivity contribution in [1.82, 2.24) is 0 Å². The summed E-state index contributed by atoms with van der Waals surface area (Å²) < 4.78 is 0.452. The van der Waals surface area contributed by atoms with Gasteiger partial charge in [-0.2, -0.15) is 6.42 Å². The first-order valence-electron chi connectivity index (χ1n) is 27.7. The Morgan fingerprint density at radius 2 is 0.676 bits per heavy atom. The van der Waals surface area contributed by atoms with Gasteiger partial charge in [-0.25, -0.2) is 0 Å². The van der Waals surface area contributed by atoms with E-state index in [0.717, 1.165) is 32.1 Å². The molecule has 0 aliphatic heterocycles. The van der Waals surface area contributed by atoms with Crippen molar-refractivity contribution in [3.63, 3.8) is 0 Å². The molecule has 0 fully saturated rings. The zero-order valence-corrected chi connectivity index (χ0v) is 65.3. The van der Waals surface area contributed by atoms with Crippen LogP contribution in [-0.4, -0.2) is 9.18 Å². The Kier molecular flexibility index (Phi) is 26.3. The van der Waals surface area contributed by atoms with Crippen molar-refractivity contribution in [1.29, 1.82) is 0 Å². The molecule has 8 heteroatoms. The molecule has 425 valence electrons. The molecule has 0 radical (unpaired) electrons. The van der Waals surface area contributed by atoms with Crippen LogP contribution >= 0.6 is 131 Å². The number of allylic oxidation sites excluding steroid dienone is 2. The van der Waals surface area contributed by atoms with Crippen molar-refractivity contribution < 1.29 is 9.47 Å². The average molecular weight is 1660 g/mol. The summed E-state index contributed by atoms with van der Waals surface area (Å²) in [6.07, 6.45) is 16.4. The molecule has 0 N–H and O–H groups in total. The van der Waals surface area contributed by atoms with E-state index in [4.69, 9.17) is 23.2 Å². The summed E-state index contributed by atoms with van der Waals surface area (Å²) in [5.74, 6) is 0. The van der Waals surface area contributed by atoms with Crippen LogP contribution in [0, 0.1) is 56.3 Å². The fourth-order valence-electron chi connectivity index (χ4n) is 16.9. The molecule has 4 atom stereocenters. The Bertz CT molecular complexity index is 2110. The molecule has 0 aromatic heterocycles. The van der Waals surface area contributed by atoms with E-state index in [2.05, 4.69) is 287 Å². The molecule has 0 amide bonds. The summed E-state index contributed by atoms with van der Waals surface area (Å²) in [4.78, 5) is -0.297. The maximum absolute atomic E-state index is 6.64. The van der Waals surface area contributed by atoms with E-state index in [1.807, 2.05) is 6.92 Å². The van der Waals surface area contributed by atoms with Gasteiger partial charge in [0, 0.05) is 9.75 Å². The molecule has 0 spiro atoms. The van der Waals surface area contributed by atoms with E-state index >= 15 is 0 Å². The van der Waals surface area contributed by atoms with Crippen molar-refractivity contribution in [2.75, 3.05) is 0 Å². The normalized spacial score (nSPS) is 22.7. The van der Waals surface area contributed by atoms with Crippen LogP contribution in [0.3, 0.4) is 0 Å². The molecule has 0 nitrogen and oxygen atoms in total. The molecule has 2 aromatic carbocycles. The second-order valence-electron chi connectivity index (χ2n) is 29.8. The van der Waals surface area contributed by atoms with E-state index < -0.39 is 0 Å². The molecule has 6 rings (SSSR count). The fourth-order valence-corrected chi connectivity index (χ4v) is 17.6. The molecule has 4 aliphatic rings. The van der Waals surface area contributed by atoms with Crippen LogP contribution in [0.15, 0.2) is 24.3 Å². The first kappa shape index (κ1) is 72.8. The van der Waals surface area contributed by atoms with Crippen molar-refractivity contribution in [3.05, 3.63) is 98.0 Å². The van der Waals surface area contributed by atoms with Crippen LogP contribution in [0.5, 0.6) is 0 Å². The fraction of sp³-hybridized carbons (Fsp3) is 0.742. The monoisotopic (exact) mass is 1650 g/mol. The summed E-state index contributed by atoms with van der Waals surface area (Å²) in [5, 5.41) is 0. The molecular formula is C66H106Cl2I5V-. The first-order valence-corrected chi connectivity index (χ1v) is 40.7. The Morgan fingerprint density at radius 1 is 0.500 bits per heavy atom. The van der Waals surface area contributed by atoms with Crippen molar-refractivity contribution in [3.8, 4) is 0 Å². The molecule has 2 aromatic rings. The Hall–Kier alpha value is 2.73. The van der Waals surface area contributed by atoms with Crippen LogP contribution in [0.25, 0.3) is 0 Å². The van der Waals surface area contributed by atoms with Gasteiger partial charge < -0.3 is 6.92 Å². The van der Waals surface area contributed by atoms with Gasteiger partial charge in [0.2, 0.25) is 0 Å². The van der Waals surface area contributed by atoms with Gasteiger partial charge in [0.15, 0.2) is 0 Å². The van der Waals surface area contributed by atoms with Crippen LogP contribution in [0.1, 0.15) is 269 Å². The first-order chi connectivity index (χ1) is 33.0. The van der Waals surface area contributed by atoms with E-state index in [1.54, 1.807) is 66.8 Å². The summed E-state index contributed by atoms with van der Waals surface area (Å²) in [6.45, 7) is 68.0. The third-order valence-electron chi connectivity index (χ3n) is 16.4. The number of rotatable bonds is 17. The van der Waals surface area contributed by atoms with Crippen LogP contribution < -0.4 is 0 Å². The molecule has 0 heterocycles. The van der Waals surface area contributed by atoms with E-state index in [0.29, 0.717) is 30.6 Å². The van der Waals surface area contributed by atoms with Crippen LogP contribution in [0.2, 0.25) is 0 Å². The molecule has 4 unspecified atom stereocenters. The topological polar surface area (TPSA) is 0 Å². The predicted octanol–water partition coefficient (Wildman–Crippen LogP) is 24.6. The molecule has 74 heavy (non-hydrogen) atoms. The second-order valence-corrected chi connectivity index (χ2v) is 55.4. The van der Waals surface area contributed by atoms with Gasteiger partial charge in [0.25, 0.3) is 0 Å². The van der Waals surface area contributed by atoms with E-state index in [9.17, 15) is 0 Å². The van der Waals surface area contributed by atoms with Crippen LogP contribution in [0.4, 0.5) is 0 Å². The van der Waals surface area contributed by atoms with Gasteiger partial charge in [0.05, 0.1) is 0 Å². The number of hydrogen-bond acceptors (Lipinski definition) is 0. The molecule has 4 aliphatic carbocycles. The van der Waals surface area contributed by atoms with Gasteiger partial charge in [0.1, 0.15) is -0.565 Å². The molecule has 0 bridgehead atoms. The Morgan fingerprint density at radius 3 is 0.824 bits per heavy atom. The maximum atomic E-state index is 6.64. The van der Waals surface area contributed by atoms with Gasteiger partial charge in [-0.15, -0.1) is 36.4 Å². The predicted molar refractivity (Wildman–Crippen MR) is 376 cm³/mol. The summed E-state index contributed by atoms with van der Waals surface area (Å²) >= 11 is 25.3. The summed E-state index contributed by atoms with van der Waals surface area (Å²) in [5.41, 5.74) is 24.6. The standard InChI is InChI=1S/C30H48Cl2.C30H46.C3H5I3.C3H7.2HI.V/c1-19-21-13-30(12,18-26(5,6)16-28(9,10)32)24(21)20(2)22-14-29(11,23(19)22)17-25(3,4)15-27(7,8)31;1-19(2)13-27(7,8)17-29(11)15-23-22(6)26-24(21(5)25(23)29)16-30(26,12)18-28(9,10)14-20(3)4;1-2-3(4,5)6;1-3-2;;;/h13-18H2,1-12H3;1,3,13-18H2,2,4-12H3;2H2,1H3;1,3H2,2H3;2*1H;/q;;;-1;;;+2/p-2. The quantitative estimate of drug-likeness (QED) is 0.0641. The number of fused-ring (bicyclic) bond motifs is 4. The zero-order valence-electron chi connectivity index (χ0n) is 51.6. The minimum atomic E-state index is -0.149. The van der Waals surface area contributed by atoms with Gasteiger partial charge in [-0.3, -0.25) is 0 Å². The minimum absolute atomic E-state index is 0.149. The van der Waals surface area contributed by atoms with E-state index in [-0.39, 0.29) is 31.4 Å². The summed E-state index contributed by atoms with van der Waals surface area (Å²) in [6, 6.07) is 0. The third kappa shape index (κ3) is 19.7. The molecule has 0 saturated heterocycles. The number of halogens is 7. The van der Waals surface area contributed by atoms with E-state index in [1.165, 1.54) is 68.9 Å². The van der Waals surface area contributed by atoms with Gasteiger partial charge >= 0.3 is 49.4 Å². The Balaban J connectivity index is 0.000000417. The van der Waals surface area contributed by atoms with Crippen LogP contribution in [-0.2, 0) is 56.8 Å². The SMILES string of the molecule is C=C(C)CC(C)(C)CC1(C)Cc2c(C)c3c(c(C)c21)CC3(C)CC(C)(C)CC(=C)C.CCC(I)(I)I.Cc1c2c(c(C)c3c1C(C)(CC(C)(C)CC(C)(C)Cl)C3)C(C)(CC(C)(C)CC(C)(C)Cl)C2.[CH2-]CC.[I][V][I]. The molecule has 0 saturated carbocycles. The average Bonchev–Trinajstić information content (AvgIpc) is 3.10. The van der Waals surface area contributed by atoms with Crippen molar-refractivity contribution in [2.24, 2.45) is 21.7 Å². The van der Waals surface area contributed by atoms with Gasteiger partial charge in [-0.1, -0.05) is 176 Å². The number of alkyl halides is 5. The Labute approximate surface area is 539 Å². The zero-order chi connectivity index (χ0) is 58.2. The second kappa shape index (κ2) is 26.8. The van der Waals surface area contributed by atoms with Gasteiger partial charge in [-0.05, 0) is 263 Å². The molecular weight excluding hydrogens is 1550 g/mol. The number of benzene rings is 2. The third-order valence-corrected chi connectivity index (χ3v) is 19.0. The van der Waals surface area contributed by atoms with Crippen molar-refractivity contribution in [2.45, 2.75) is 287 Å².